The van der Waals surface area contributed by atoms with Crippen LogP contribution in [0.5, 0.6) is 0 Å². The number of carbonyl (C=O) groups is 2. The minimum atomic E-state index is -0.875. The number of aliphatic carboxylic acids is 1. The molecule has 1 aromatic heterocycles. The van der Waals surface area contributed by atoms with E-state index in [9.17, 15) is 9.59 Å². The molecule has 100 valence electrons. The third-order valence-corrected chi connectivity index (χ3v) is 2.98. The van der Waals surface area contributed by atoms with Crippen LogP contribution in [0.15, 0.2) is 6.20 Å². The Hall–Kier alpha value is -1.85. The van der Waals surface area contributed by atoms with Crippen molar-refractivity contribution < 1.29 is 14.7 Å². The molecule has 6 nitrogen and oxygen atoms in total. The summed E-state index contributed by atoms with van der Waals surface area (Å²) in [5, 5.41) is 15.6. The van der Waals surface area contributed by atoms with Crippen LogP contribution >= 0.6 is 0 Å². The molecule has 0 aliphatic heterocycles. The van der Waals surface area contributed by atoms with E-state index in [1.165, 1.54) is 6.20 Å². The Morgan fingerprint density at radius 2 is 2.22 bits per heavy atom. The van der Waals surface area contributed by atoms with E-state index in [4.69, 9.17) is 5.11 Å². The lowest BCUT2D eigenvalue weighted by atomic mass is 10.0. The third kappa shape index (κ3) is 3.32. The molecule has 1 unspecified atom stereocenters. The van der Waals surface area contributed by atoms with Crippen molar-refractivity contribution in [2.75, 3.05) is 6.54 Å². The lowest BCUT2D eigenvalue weighted by Crippen LogP contribution is -2.33. The van der Waals surface area contributed by atoms with E-state index in [0.717, 1.165) is 12.1 Å². The maximum atomic E-state index is 11.9. The second-order valence-electron chi connectivity index (χ2n) is 4.30. The molecular weight excluding hydrogens is 234 g/mol. The molecule has 0 radical (unpaired) electrons. The summed E-state index contributed by atoms with van der Waals surface area (Å²) in [4.78, 5) is 22.8. The van der Waals surface area contributed by atoms with Crippen LogP contribution in [-0.2, 0) is 11.8 Å². The van der Waals surface area contributed by atoms with E-state index in [-0.39, 0.29) is 12.5 Å². The van der Waals surface area contributed by atoms with Crippen LogP contribution in [0.4, 0.5) is 0 Å². The topological polar surface area (TPSA) is 84.2 Å². The molecule has 0 aromatic carbocycles. The Balaban J connectivity index is 2.60. The highest BCUT2D eigenvalue weighted by Gasteiger charge is 2.19. The van der Waals surface area contributed by atoms with E-state index >= 15 is 0 Å². The number of amides is 1. The Morgan fingerprint density at radius 3 is 2.67 bits per heavy atom. The molecule has 0 aliphatic carbocycles. The van der Waals surface area contributed by atoms with E-state index in [2.05, 4.69) is 10.4 Å². The summed E-state index contributed by atoms with van der Waals surface area (Å²) in [6.07, 6.45) is 2.82. The number of aromatic nitrogens is 2. The number of carboxylic acid groups (broad SMARTS) is 1. The lowest BCUT2D eigenvalue weighted by Gasteiger charge is -2.12. The van der Waals surface area contributed by atoms with Gasteiger partial charge in [-0.05, 0) is 13.3 Å². The minimum absolute atomic E-state index is 0.149. The monoisotopic (exact) mass is 253 g/mol. The van der Waals surface area contributed by atoms with Gasteiger partial charge in [0, 0.05) is 19.3 Å². The number of carbonyl (C=O) groups excluding carboxylic acids is 1. The average molecular weight is 253 g/mol. The average Bonchev–Trinajstić information content (AvgIpc) is 2.65. The first-order chi connectivity index (χ1) is 8.47. The van der Waals surface area contributed by atoms with E-state index in [1.54, 1.807) is 18.7 Å². The molecule has 1 amide bonds. The molecule has 2 N–H and O–H groups in total. The molecular formula is C12H19N3O3. The molecule has 6 heteroatoms. The number of nitrogens with one attached hydrogen (secondary N) is 1. The highest BCUT2D eigenvalue weighted by molar-refractivity contribution is 5.95. The van der Waals surface area contributed by atoms with Crippen LogP contribution in [0, 0.1) is 12.8 Å². The summed E-state index contributed by atoms with van der Waals surface area (Å²) >= 11 is 0. The molecule has 0 bridgehead atoms. The first kappa shape index (κ1) is 14.2. The summed E-state index contributed by atoms with van der Waals surface area (Å²) in [5.41, 5.74) is 1.24. The third-order valence-electron chi connectivity index (χ3n) is 2.98. The van der Waals surface area contributed by atoms with Gasteiger partial charge < -0.3 is 10.4 Å². The van der Waals surface area contributed by atoms with Gasteiger partial charge in [0.1, 0.15) is 0 Å². The Bertz CT molecular complexity index is 440. The van der Waals surface area contributed by atoms with Crippen LogP contribution in [0.3, 0.4) is 0 Å². The number of rotatable bonds is 6. The fourth-order valence-electron chi connectivity index (χ4n) is 1.69. The molecule has 1 heterocycles. The van der Waals surface area contributed by atoms with Crippen molar-refractivity contribution in [2.45, 2.75) is 26.7 Å². The number of carboxylic acids is 1. The maximum absolute atomic E-state index is 11.9. The zero-order valence-corrected chi connectivity index (χ0v) is 10.9. The highest BCUT2D eigenvalue weighted by atomic mass is 16.4. The summed E-state index contributed by atoms with van der Waals surface area (Å²) < 4.78 is 1.61. The predicted molar refractivity (Wildman–Crippen MR) is 66.3 cm³/mol. The molecule has 1 atom stereocenters. The molecule has 0 aliphatic rings. The smallest absolute Gasteiger partial charge is 0.308 e. The van der Waals surface area contributed by atoms with Crippen LogP contribution in [0.25, 0.3) is 0 Å². The standard InChI is InChI=1S/C12H19N3O3/c1-4-5-9(12(17)18)6-13-11(16)10-7-14-15(3)8(10)2/h7,9H,4-6H2,1-3H3,(H,13,16)(H,17,18). The van der Waals surface area contributed by atoms with E-state index in [1.807, 2.05) is 6.92 Å². The van der Waals surface area contributed by atoms with Gasteiger partial charge in [0.15, 0.2) is 0 Å². The fraction of sp³-hybridized carbons (Fsp3) is 0.583. The van der Waals surface area contributed by atoms with Gasteiger partial charge in [0.05, 0.1) is 17.7 Å². The van der Waals surface area contributed by atoms with Crippen LogP contribution in [-0.4, -0.2) is 33.3 Å². The van der Waals surface area contributed by atoms with Gasteiger partial charge in [0.25, 0.3) is 5.91 Å². The first-order valence-electron chi connectivity index (χ1n) is 5.97. The zero-order chi connectivity index (χ0) is 13.7. The van der Waals surface area contributed by atoms with Gasteiger partial charge in [0.2, 0.25) is 0 Å². The van der Waals surface area contributed by atoms with Gasteiger partial charge in [-0.2, -0.15) is 5.10 Å². The van der Waals surface area contributed by atoms with Crippen molar-refractivity contribution in [3.8, 4) is 0 Å². The van der Waals surface area contributed by atoms with Gasteiger partial charge >= 0.3 is 5.97 Å². The second-order valence-corrected chi connectivity index (χ2v) is 4.30. The Kier molecular flexibility index (Phi) is 4.88. The van der Waals surface area contributed by atoms with Gasteiger partial charge in [-0.25, -0.2) is 0 Å². The van der Waals surface area contributed by atoms with Crippen molar-refractivity contribution in [2.24, 2.45) is 13.0 Å². The van der Waals surface area contributed by atoms with Crippen molar-refractivity contribution in [1.82, 2.24) is 15.1 Å². The SMILES string of the molecule is CCCC(CNC(=O)c1cnn(C)c1C)C(=O)O. The van der Waals surface area contributed by atoms with Crippen LogP contribution in [0.1, 0.15) is 35.8 Å². The van der Waals surface area contributed by atoms with Crippen LogP contribution < -0.4 is 5.32 Å². The molecule has 18 heavy (non-hydrogen) atoms. The number of hydrogen-bond acceptors (Lipinski definition) is 3. The summed E-state index contributed by atoms with van der Waals surface area (Å²) in [5.74, 6) is -1.68. The molecule has 0 spiro atoms. The molecule has 1 aromatic rings. The second kappa shape index (κ2) is 6.18. The lowest BCUT2D eigenvalue weighted by molar-refractivity contribution is -0.141. The Morgan fingerprint density at radius 1 is 1.56 bits per heavy atom. The van der Waals surface area contributed by atoms with Crippen molar-refractivity contribution in [3.63, 3.8) is 0 Å². The quantitative estimate of drug-likeness (QED) is 0.790. The van der Waals surface area contributed by atoms with Crippen molar-refractivity contribution in [3.05, 3.63) is 17.5 Å². The molecule has 0 fully saturated rings. The number of nitrogens with zero attached hydrogens (tertiary/aromatic N) is 2. The predicted octanol–water partition coefficient (Wildman–Crippen LogP) is 0.959. The highest BCUT2D eigenvalue weighted by Crippen LogP contribution is 2.08. The zero-order valence-electron chi connectivity index (χ0n) is 10.9. The Labute approximate surface area is 106 Å². The molecule has 0 saturated heterocycles. The van der Waals surface area contributed by atoms with E-state index in [0.29, 0.717) is 12.0 Å². The van der Waals surface area contributed by atoms with E-state index < -0.39 is 11.9 Å². The summed E-state index contributed by atoms with van der Waals surface area (Å²) in [6, 6.07) is 0. The van der Waals surface area contributed by atoms with Crippen LogP contribution in [0.2, 0.25) is 0 Å². The minimum Gasteiger partial charge on any atom is -0.481 e. The van der Waals surface area contributed by atoms with Gasteiger partial charge in [-0.3, -0.25) is 14.3 Å². The normalized spacial score (nSPS) is 12.2. The van der Waals surface area contributed by atoms with Crippen molar-refractivity contribution in [1.29, 1.82) is 0 Å². The number of aryl methyl sites for hydroxylation is 1. The largest absolute Gasteiger partial charge is 0.481 e. The molecule has 0 saturated carbocycles. The van der Waals surface area contributed by atoms with Gasteiger partial charge in [-0.15, -0.1) is 0 Å². The molecule has 1 rings (SSSR count). The van der Waals surface area contributed by atoms with Gasteiger partial charge in [-0.1, -0.05) is 13.3 Å². The summed E-state index contributed by atoms with van der Waals surface area (Å²) in [6.45, 7) is 3.86. The first-order valence-corrected chi connectivity index (χ1v) is 5.97. The maximum Gasteiger partial charge on any atom is 0.308 e. The number of hydrogen-bond donors (Lipinski definition) is 2. The van der Waals surface area contributed by atoms with Crippen molar-refractivity contribution >= 4 is 11.9 Å². The fourth-order valence-corrected chi connectivity index (χ4v) is 1.69. The summed E-state index contributed by atoms with van der Waals surface area (Å²) in [7, 11) is 1.75.